The fourth-order valence-electron chi connectivity index (χ4n) is 15.2. The van der Waals surface area contributed by atoms with Crippen molar-refractivity contribution in [1.82, 2.24) is 0 Å². The van der Waals surface area contributed by atoms with Gasteiger partial charge in [0.1, 0.15) is 59.9 Å². The molecule has 0 saturated heterocycles. The number of primary amides is 2. The molecule has 4 N–H and O–H groups in total. The van der Waals surface area contributed by atoms with Gasteiger partial charge in [-0.2, -0.15) is 0 Å². The van der Waals surface area contributed by atoms with Crippen molar-refractivity contribution in [2.75, 3.05) is 27.4 Å². The van der Waals surface area contributed by atoms with Crippen LogP contribution >= 0.6 is 0 Å². The average Bonchev–Trinajstić information content (AvgIpc) is 1.51. The van der Waals surface area contributed by atoms with E-state index in [-0.39, 0.29) is 24.0 Å². The summed E-state index contributed by atoms with van der Waals surface area (Å²) in [6, 6.07) is 66.5. The van der Waals surface area contributed by atoms with Gasteiger partial charge in [0.2, 0.25) is 0 Å². The molecule has 2 heterocycles. The Balaban J connectivity index is 0.662. The minimum absolute atomic E-state index is 0.0184. The normalized spacial score (nSPS) is 17.8. The van der Waals surface area contributed by atoms with Gasteiger partial charge in [-0.3, -0.25) is 0 Å². The van der Waals surface area contributed by atoms with Crippen LogP contribution in [0.25, 0.3) is 56.0 Å². The Morgan fingerprint density at radius 3 is 1.10 bits per heavy atom. The van der Waals surface area contributed by atoms with E-state index < -0.39 is 35.6 Å². The van der Waals surface area contributed by atoms with Gasteiger partial charge in [-0.25, -0.2) is 9.59 Å². The van der Waals surface area contributed by atoms with E-state index in [2.05, 4.69) is 173 Å². The third kappa shape index (κ3) is 10.7. The summed E-state index contributed by atoms with van der Waals surface area (Å²) in [5, 5.41) is 4.38. The molecule has 0 aromatic heterocycles. The van der Waals surface area contributed by atoms with Crippen LogP contribution in [0.2, 0.25) is 0 Å². The maximum atomic E-state index is 12.0. The Morgan fingerprint density at radius 1 is 0.415 bits per heavy atom. The van der Waals surface area contributed by atoms with Crippen LogP contribution in [0.15, 0.2) is 206 Å². The van der Waals surface area contributed by atoms with Gasteiger partial charge in [0.25, 0.3) is 0 Å². The highest BCUT2D eigenvalue weighted by atomic mass is 16.6. The van der Waals surface area contributed by atoms with Gasteiger partial charge >= 0.3 is 12.2 Å². The second-order valence-electron chi connectivity index (χ2n) is 26.0. The molecule has 2 amide bonds. The zero-order valence-electron chi connectivity index (χ0n) is 53.8. The molecule has 4 aliphatic rings. The molecule has 2 aliphatic carbocycles. The molecule has 0 radical (unpaired) electrons. The number of carbonyl (C=O) groups is 2. The van der Waals surface area contributed by atoms with Crippen molar-refractivity contribution in [3.05, 3.63) is 262 Å². The number of fused-ring (bicyclic) bond motifs is 16. The van der Waals surface area contributed by atoms with Gasteiger partial charge in [-0.1, -0.05) is 198 Å². The molecule has 12 nitrogen and oxygen atoms in total. The number of ether oxygens (including phenoxy) is 8. The molecule has 0 saturated carbocycles. The SMILES string of the molecule is COc1ccc(C2(c3ccc(OC(CCCCCCC(COC(N)=O)Oc4ccc(C5(c6ccc(OC)cc6)C=Cc6c7c(c8ccccc8c6O5)-c5ccccc5C7(C)C)cc4)COC(N)=O)cc3)C=Cc3c4c(c5ccccc5c3O2)-c2ccccc2C4(C)C)cc1. The van der Waals surface area contributed by atoms with E-state index in [1.54, 1.807) is 14.2 Å². The summed E-state index contributed by atoms with van der Waals surface area (Å²) in [6.07, 6.45) is 10.6. The highest BCUT2D eigenvalue weighted by Crippen LogP contribution is 2.60. The van der Waals surface area contributed by atoms with Crippen LogP contribution in [0.3, 0.4) is 0 Å². The third-order valence-electron chi connectivity index (χ3n) is 19.7. The number of rotatable bonds is 21. The molecule has 10 aromatic rings. The Labute approximate surface area is 548 Å². The molecule has 0 fully saturated rings. The van der Waals surface area contributed by atoms with Crippen LogP contribution in [0.1, 0.15) is 122 Å². The molecule has 474 valence electrons. The summed E-state index contributed by atoms with van der Waals surface area (Å²) in [5.41, 5.74) is 24.4. The first-order valence-electron chi connectivity index (χ1n) is 32.4. The molecule has 4 unspecified atom stereocenters. The predicted molar refractivity (Wildman–Crippen MR) is 370 cm³/mol. The molecule has 12 heteroatoms. The highest BCUT2D eigenvalue weighted by Gasteiger charge is 2.46. The Morgan fingerprint density at radius 2 is 0.745 bits per heavy atom. The van der Waals surface area contributed by atoms with E-state index in [0.717, 1.165) is 104 Å². The van der Waals surface area contributed by atoms with E-state index >= 15 is 0 Å². The first-order valence-corrected chi connectivity index (χ1v) is 32.4. The average molecular weight is 1250 g/mol. The molecular weight excluding hydrogens is 1170 g/mol. The van der Waals surface area contributed by atoms with Crippen molar-refractivity contribution in [3.8, 4) is 56.8 Å². The molecule has 94 heavy (non-hydrogen) atoms. The summed E-state index contributed by atoms with van der Waals surface area (Å²) in [4.78, 5) is 24.0. The van der Waals surface area contributed by atoms with Crippen LogP contribution < -0.4 is 39.9 Å². The number of carbonyl (C=O) groups excluding carboxylic acids is 2. The number of methoxy groups -OCH3 is 2. The van der Waals surface area contributed by atoms with E-state index in [1.807, 2.05) is 72.8 Å². The number of nitrogens with two attached hydrogens (primary N) is 2. The maximum absolute atomic E-state index is 12.0. The topological polar surface area (TPSA) is 160 Å². The standard InChI is InChI=1S/C82H76N2O10/c1-79(2)69-27-17-15-25-65(69)71-61-21-11-13-23-63(61)75-67(73(71)79)45-47-81(93-75,51-29-37-55(87-5)38-30-51)53-33-41-57(42-34-53)91-59(49-89-77(83)85)19-9-7-8-10-20-60(50-90-78(84)86)92-58-43-35-54(36-44-58)82(52-31-39-56(88-6)40-32-52)48-46-68-74-72(62-22-12-14-24-64(62)76(68)94-82)66-26-16-18-28-70(66)80(74,3)4/h11-18,21-48,59-60H,7-10,19-20,49-50H2,1-6H3,(H2,83,85)(H2,84,86). The van der Waals surface area contributed by atoms with Crippen LogP contribution in [0.5, 0.6) is 34.5 Å². The lowest BCUT2D eigenvalue weighted by Crippen LogP contribution is -2.35. The number of benzene rings is 10. The smallest absolute Gasteiger partial charge is 0.404 e. The number of amides is 2. The zero-order valence-corrected chi connectivity index (χ0v) is 53.8. The monoisotopic (exact) mass is 1250 g/mol. The third-order valence-corrected chi connectivity index (χ3v) is 19.7. The first kappa shape index (κ1) is 61.1. The Hall–Kier alpha value is -10.5. The van der Waals surface area contributed by atoms with E-state index in [4.69, 9.17) is 49.4 Å². The summed E-state index contributed by atoms with van der Waals surface area (Å²) < 4.78 is 50.3. The van der Waals surface area contributed by atoms with Crippen LogP contribution in [0, 0.1) is 0 Å². The number of unbranched alkanes of at least 4 members (excludes halogenated alkanes) is 3. The molecule has 2 aliphatic heterocycles. The molecule has 10 aromatic carbocycles. The zero-order chi connectivity index (χ0) is 64.9. The minimum atomic E-state index is -1.03. The molecule has 14 rings (SSSR count). The molecule has 0 bridgehead atoms. The quantitative estimate of drug-likeness (QED) is 0.0663. The summed E-state index contributed by atoms with van der Waals surface area (Å²) >= 11 is 0. The Bertz CT molecular complexity index is 4320. The van der Waals surface area contributed by atoms with Crippen molar-refractivity contribution in [3.63, 3.8) is 0 Å². The van der Waals surface area contributed by atoms with Crippen molar-refractivity contribution >= 4 is 45.9 Å². The number of hydrogen-bond donors (Lipinski definition) is 2. The van der Waals surface area contributed by atoms with Gasteiger partial charge < -0.3 is 49.4 Å². The Kier molecular flexibility index (Phi) is 15.9. The van der Waals surface area contributed by atoms with Crippen molar-refractivity contribution in [2.24, 2.45) is 11.5 Å². The highest BCUT2D eigenvalue weighted by molar-refractivity contribution is 6.10. The lowest BCUT2D eigenvalue weighted by atomic mass is 9.77. The van der Waals surface area contributed by atoms with Crippen LogP contribution in [0.4, 0.5) is 9.59 Å². The van der Waals surface area contributed by atoms with Gasteiger partial charge in [0, 0.05) is 55.0 Å². The molecule has 0 spiro atoms. The van der Waals surface area contributed by atoms with Crippen LogP contribution in [-0.2, 0) is 31.5 Å². The van der Waals surface area contributed by atoms with Gasteiger partial charge in [-0.05, 0) is 142 Å². The summed E-state index contributed by atoms with van der Waals surface area (Å²) in [6.45, 7) is 9.18. The number of hydrogen-bond acceptors (Lipinski definition) is 10. The second kappa shape index (κ2) is 24.5. The first-order chi connectivity index (χ1) is 45.6. The predicted octanol–water partition coefficient (Wildman–Crippen LogP) is 18.0. The fraction of sp³-hybridized carbons (Fsp3) is 0.244. The molecular formula is C82H76N2O10. The largest absolute Gasteiger partial charge is 0.497 e. The van der Waals surface area contributed by atoms with Crippen molar-refractivity contribution in [1.29, 1.82) is 0 Å². The van der Waals surface area contributed by atoms with E-state index in [0.29, 0.717) is 24.3 Å². The van der Waals surface area contributed by atoms with E-state index in [9.17, 15) is 9.59 Å². The second-order valence-corrected chi connectivity index (χ2v) is 26.0. The lowest BCUT2D eigenvalue weighted by Gasteiger charge is -2.38. The minimum Gasteiger partial charge on any atom is -0.497 e. The van der Waals surface area contributed by atoms with Gasteiger partial charge in [0.15, 0.2) is 11.2 Å². The fourth-order valence-corrected chi connectivity index (χ4v) is 15.2. The van der Waals surface area contributed by atoms with Crippen molar-refractivity contribution in [2.45, 2.75) is 100 Å². The van der Waals surface area contributed by atoms with Crippen LogP contribution in [-0.4, -0.2) is 51.8 Å². The van der Waals surface area contributed by atoms with Gasteiger partial charge in [0.05, 0.1) is 14.2 Å². The maximum Gasteiger partial charge on any atom is 0.404 e. The van der Waals surface area contributed by atoms with E-state index in [1.165, 1.54) is 44.5 Å². The summed E-state index contributed by atoms with van der Waals surface area (Å²) in [7, 11) is 3.33. The van der Waals surface area contributed by atoms with Gasteiger partial charge in [-0.15, -0.1) is 0 Å². The summed E-state index contributed by atoms with van der Waals surface area (Å²) in [5.74, 6) is 4.34. The van der Waals surface area contributed by atoms with Crippen molar-refractivity contribution < 1.29 is 47.5 Å². The lowest BCUT2D eigenvalue weighted by molar-refractivity contribution is 0.0788. The molecule has 4 atom stereocenters.